The summed E-state index contributed by atoms with van der Waals surface area (Å²) in [5.74, 6) is -0.687. The molecule has 2 aromatic carbocycles. The molecule has 0 saturated carbocycles. The number of aromatic nitrogens is 3. The van der Waals surface area contributed by atoms with Crippen LogP contribution in [0.15, 0.2) is 42.6 Å². The number of rotatable bonds is 7. The van der Waals surface area contributed by atoms with Crippen molar-refractivity contribution >= 4 is 45.1 Å². The number of nitrogens with zero attached hydrogens (tertiary/aromatic N) is 5. The molecule has 1 aliphatic heterocycles. The smallest absolute Gasteiger partial charge is 0.403 e. The molecule has 0 amide bonds. The largest absolute Gasteiger partial charge is 0.479 e. The van der Waals surface area contributed by atoms with Gasteiger partial charge in [-0.2, -0.15) is 13.2 Å². The van der Waals surface area contributed by atoms with Crippen LogP contribution in [-0.2, 0) is 9.53 Å². The molecule has 1 aliphatic rings. The minimum atomic E-state index is -4.28. The SMILES string of the molecule is Cc1cc2nc(-c3ccnc(N4CCN(C(C)C(F)(F)F)CC4)n3)sc2c(-c2ccc(Cl)cc2)c1[C@H](OC(C)(C)C)C(=O)O. The van der Waals surface area contributed by atoms with Gasteiger partial charge in [-0.1, -0.05) is 23.7 Å². The third kappa shape index (κ3) is 6.83. The Labute approximate surface area is 262 Å². The first-order valence-electron chi connectivity index (χ1n) is 14.1. The van der Waals surface area contributed by atoms with Crippen LogP contribution >= 0.6 is 22.9 Å². The Morgan fingerprint density at radius 1 is 1.07 bits per heavy atom. The molecule has 234 valence electrons. The molecule has 0 bridgehead atoms. The van der Waals surface area contributed by atoms with Gasteiger partial charge in [0, 0.05) is 48.5 Å². The zero-order valence-electron chi connectivity index (χ0n) is 24.9. The van der Waals surface area contributed by atoms with E-state index in [0.29, 0.717) is 57.0 Å². The monoisotopic (exact) mass is 647 g/mol. The van der Waals surface area contributed by atoms with Gasteiger partial charge in [0.2, 0.25) is 5.95 Å². The lowest BCUT2D eigenvalue weighted by atomic mass is 9.91. The van der Waals surface area contributed by atoms with Crippen molar-refractivity contribution in [3.05, 3.63) is 58.7 Å². The van der Waals surface area contributed by atoms with Gasteiger partial charge >= 0.3 is 12.1 Å². The maximum atomic E-state index is 13.2. The van der Waals surface area contributed by atoms with Crippen LogP contribution in [-0.4, -0.2) is 74.9 Å². The van der Waals surface area contributed by atoms with E-state index in [0.717, 1.165) is 10.3 Å². The molecular formula is C31H33ClF3N5O3S. The quantitative estimate of drug-likeness (QED) is 0.222. The molecule has 5 rings (SSSR count). The number of aliphatic carboxylic acids is 1. The van der Waals surface area contributed by atoms with E-state index in [1.165, 1.54) is 23.2 Å². The van der Waals surface area contributed by atoms with Gasteiger partial charge in [0.15, 0.2) is 6.10 Å². The molecule has 1 fully saturated rings. The Hall–Kier alpha value is -3.32. The molecule has 44 heavy (non-hydrogen) atoms. The third-order valence-corrected chi connectivity index (χ3v) is 8.86. The fourth-order valence-electron chi connectivity index (χ4n) is 5.28. The van der Waals surface area contributed by atoms with E-state index in [2.05, 4.69) is 4.98 Å². The first-order valence-corrected chi connectivity index (χ1v) is 15.3. The van der Waals surface area contributed by atoms with E-state index >= 15 is 0 Å². The third-order valence-electron chi connectivity index (χ3n) is 7.50. The highest BCUT2D eigenvalue weighted by atomic mass is 35.5. The number of carboxylic acids is 1. The molecule has 0 aliphatic carbocycles. The molecule has 13 heteroatoms. The number of fused-ring (bicyclic) bond motifs is 1. The molecular weight excluding hydrogens is 615 g/mol. The summed E-state index contributed by atoms with van der Waals surface area (Å²) in [5.41, 5.74) is 3.22. The lowest BCUT2D eigenvalue weighted by molar-refractivity contribution is -0.179. The van der Waals surface area contributed by atoms with Crippen LogP contribution in [0.5, 0.6) is 0 Å². The van der Waals surface area contributed by atoms with E-state index in [9.17, 15) is 23.1 Å². The molecule has 8 nitrogen and oxygen atoms in total. The van der Waals surface area contributed by atoms with E-state index in [4.69, 9.17) is 26.3 Å². The van der Waals surface area contributed by atoms with Crippen molar-refractivity contribution in [1.29, 1.82) is 0 Å². The highest BCUT2D eigenvalue weighted by Crippen LogP contribution is 2.44. The number of halogens is 4. The number of hydrogen-bond acceptors (Lipinski definition) is 8. The summed E-state index contributed by atoms with van der Waals surface area (Å²) in [6, 6.07) is 9.27. The van der Waals surface area contributed by atoms with Gasteiger partial charge in [0.05, 0.1) is 15.8 Å². The Morgan fingerprint density at radius 3 is 2.32 bits per heavy atom. The Morgan fingerprint density at radius 2 is 1.73 bits per heavy atom. The predicted molar refractivity (Wildman–Crippen MR) is 166 cm³/mol. The average Bonchev–Trinajstić information content (AvgIpc) is 3.38. The summed E-state index contributed by atoms with van der Waals surface area (Å²) in [6.45, 7) is 9.66. The summed E-state index contributed by atoms with van der Waals surface area (Å²) < 4.78 is 46.5. The van der Waals surface area contributed by atoms with Gasteiger partial charge in [-0.15, -0.1) is 11.3 Å². The van der Waals surface area contributed by atoms with Crippen molar-refractivity contribution in [2.45, 2.75) is 58.5 Å². The summed E-state index contributed by atoms with van der Waals surface area (Å²) in [7, 11) is 0. The van der Waals surface area contributed by atoms with Gasteiger partial charge in [-0.3, -0.25) is 4.90 Å². The number of ether oxygens (including phenoxy) is 1. The highest BCUT2D eigenvalue weighted by Gasteiger charge is 2.41. The lowest BCUT2D eigenvalue weighted by Gasteiger charge is -2.38. The van der Waals surface area contributed by atoms with Crippen LogP contribution in [0.2, 0.25) is 5.02 Å². The minimum Gasteiger partial charge on any atom is -0.479 e. The molecule has 4 aromatic rings. The molecule has 0 radical (unpaired) electrons. The van der Waals surface area contributed by atoms with E-state index in [1.807, 2.05) is 50.8 Å². The lowest BCUT2D eigenvalue weighted by Crippen LogP contribution is -2.54. The number of thiazole rings is 1. The maximum Gasteiger partial charge on any atom is 0.403 e. The van der Waals surface area contributed by atoms with Gasteiger partial charge < -0.3 is 14.7 Å². The van der Waals surface area contributed by atoms with Gasteiger partial charge in [-0.25, -0.2) is 19.7 Å². The standard InChI is InChI=1S/C31H33ClF3N5O3S/c1-17-16-22-26(24(19-6-8-20(32)9-7-19)23(17)25(28(41)42)43-30(3,4)5)44-27(37-22)21-10-11-36-29(38-21)40-14-12-39(13-15-40)18(2)31(33,34)35/h6-11,16,18,25H,12-15H2,1-5H3,(H,41,42)/t18?,25-/m0/s1. The van der Waals surface area contributed by atoms with Crippen LogP contribution in [0.25, 0.3) is 32.0 Å². The molecule has 0 spiro atoms. The van der Waals surface area contributed by atoms with Crippen molar-refractivity contribution in [1.82, 2.24) is 19.9 Å². The number of anilines is 1. The van der Waals surface area contributed by atoms with E-state index in [-0.39, 0.29) is 13.1 Å². The normalized spacial score (nSPS) is 16.3. The van der Waals surface area contributed by atoms with Crippen LogP contribution < -0.4 is 4.90 Å². The van der Waals surface area contributed by atoms with E-state index < -0.39 is 29.9 Å². The summed E-state index contributed by atoms with van der Waals surface area (Å²) >= 11 is 7.57. The minimum absolute atomic E-state index is 0.239. The highest BCUT2D eigenvalue weighted by molar-refractivity contribution is 7.22. The Kier molecular flexibility index (Phi) is 8.92. The molecule has 2 atom stereocenters. The number of carboxylic acid groups (broad SMARTS) is 1. The van der Waals surface area contributed by atoms with Crippen molar-refractivity contribution in [2.24, 2.45) is 0 Å². The molecule has 1 saturated heterocycles. The van der Waals surface area contributed by atoms with Crippen LogP contribution in [0.4, 0.5) is 19.1 Å². The van der Waals surface area contributed by atoms with Crippen molar-refractivity contribution < 1.29 is 27.8 Å². The molecule has 3 heterocycles. The van der Waals surface area contributed by atoms with Crippen molar-refractivity contribution in [2.75, 3.05) is 31.1 Å². The van der Waals surface area contributed by atoms with Gasteiger partial charge in [0.1, 0.15) is 16.7 Å². The number of alkyl halides is 3. The van der Waals surface area contributed by atoms with E-state index in [1.54, 1.807) is 24.4 Å². The van der Waals surface area contributed by atoms with Crippen LogP contribution in [0.3, 0.4) is 0 Å². The second kappa shape index (κ2) is 12.2. The summed E-state index contributed by atoms with van der Waals surface area (Å²) in [6.07, 6.45) is -3.90. The maximum absolute atomic E-state index is 13.2. The number of benzene rings is 2. The summed E-state index contributed by atoms with van der Waals surface area (Å²) in [5, 5.41) is 11.4. The number of carbonyl (C=O) groups is 1. The topological polar surface area (TPSA) is 91.7 Å². The fourth-order valence-corrected chi connectivity index (χ4v) is 6.50. The Bertz CT molecular complexity index is 1670. The second-order valence-electron chi connectivity index (χ2n) is 11.8. The zero-order chi connectivity index (χ0) is 32.0. The first-order chi connectivity index (χ1) is 20.6. The van der Waals surface area contributed by atoms with Crippen LogP contribution in [0, 0.1) is 6.92 Å². The fraction of sp³-hybridized carbons (Fsp3) is 0.419. The first kappa shape index (κ1) is 32.1. The number of piperazine rings is 1. The van der Waals surface area contributed by atoms with Gasteiger partial charge in [0.25, 0.3) is 0 Å². The van der Waals surface area contributed by atoms with Gasteiger partial charge in [-0.05, 0) is 70.0 Å². The molecule has 2 aromatic heterocycles. The zero-order valence-corrected chi connectivity index (χ0v) is 26.5. The van der Waals surface area contributed by atoms with Crippen LogP contribution in [0.1, 0.15) is 44.9 Å². The van der Waals surface area contributed by atoms with Crippen molar-refractivity contribution in [3.8, 4) is 21.8 Å². The second-order valence-corrected chi connectivity index (χ2v) is 13.2. The summed E-state index contributed by atoms with van der Waals surface area (Å²) in [4.78, 5) is 29.9. The molecule has 1 unspecified atom stereocenters. The predicted octanol–water partition coefficient (Wildman–Crippen LogP) is 7.40. The number of hydrogen-bond donors (Lipinski definition) is 1. The molecule has 1 N–H and O–H groups in total. The van der Waals surface area contributed by atoms with Crippen molar-refractivity contribution in [3.63, 3.8) is 0 Å². The average molecular weight is 648 g/mol. The Balaban J connectivity index is 1.56. The number of aryl methyl sites for hydroxylation is 1.